The van der Waals surface area contributed by atoms with E-state index in [9.17, 15) is 4.79 Å². The van der Waals surface area contributed by atoms with E-state index in [0.717, 1.165) is 43.1 Å². The Morgan fingerprint density at radius 3 is 1.26 bits per heavy atom. The quantitative estimate of drug-likeness (QED) is 0.0150. The van der Waals surface area contributed by atoms with Crippen LogP contribution in [0, 0.1) is 0 Å². The Morgan fingerprint density at radius 1 is 0.382 bits per heavy atom. The van der Waals surface area contributed by atoms with Gasteiger partial charge in [0.25, 0.3) is 20.1 Å². The number of rotatable bonds is 40. The van der Waals surface area contributed by atoms with E-state index in [-0.39, 0.29) is 81.9 Å². The minimum Gasteiger partial charge on any atom is -0.497 e. The summed E-state index contributed by atoms with van der Waals surface area (Å²) in [6.45, 7) is 8.11. The van der Waals surface area contributed by atoms with Crippen molar-refractivity contribution in [3.8, 4) is 11.5 Å². The molecule has 10 aromatic carbocycles. The van der Waals surface area contributed by atoms with Crippen molar-refractivity contribution < 1.29 is 99.4 Å². The number of fused-ring (bicyclic) bond motifs is 1. The lowest BCUT2D eigenvalue weighted by molar-refractivity contribution is -0.372. The molecule has 10 aromatic rings. The van der Waals surface area contributed by atoms with Gasteiger partial charge in [-0.3, -0.25) is 19.3 Å². The summed E-state index contributed by atoms with van der Waals surface area (Å²) in [6, 6.07) is 88.4. The van der Waals surface area contributed by atoms with Gasteiger partial charge in [0, 0.05) is 13.0 Å². The first-order chi connectivity index (χ1) is 60.1. The second-order valence-corrected chi connectivity index (χ2v) is 36.3. The summed E-state index contributed by atoms with van der Waals surface area (Å²) in [4.78, 5) is 59.8. The van der Waals surface area contributed by atoms with Crippen molar-refractivity contribution in [2.24, 2.45) is 0 Å². The molecule has 123 heavy (non-hydrogen) atoms. The number of nitrogens with zero attached hydrogens (tertiary/aromatic N) is 1. The molecule has 23 heteroatoms. The second-order valence-electron chi connectivity index (χ2n) is 32.0. The van der Waals surface area contributed by atoms with Crippen LogP contribution in [-0.4, -0.2) is 170 Å². The molecule has 0 bridgehead atoms. The molecule has 0 aliphatic carbocycles. The van der Waals surface area contributed by atoms with Gasteiger partial charge in [0.05, 0.1) is 97.0 Å². The van der Waals surface area contributed by atoms with Crippen LogP contribution in [0.15, 0.2) is 285 Å². The van der Waals surface area contributed by atoms with Gasteiger partial charge >= 0.3 is 11.9 Å². The maximum absolute atomic E-state index is 15.7. The van der Waals surface area contributed by atoms with Crippen LogP contribution in [0.2, 0.25) is 5.04 Å². The van der Waals surface area contributed by atoms with Crippen molar-refractivity contribution in [2.45, 2.75) is 190 Å². The highest BCUT2D eigenvalue weighted by Gasteiger charge is 2.60. The fourth-order valence-electron chi connectivity index (χ4n) is 16.4. The Hall–Kier alpha value is -10.4. The molecule has 4 aliphatic heterocycles. The van der Waals surface area contributed by atoms with Gasteiger partial charge in [-0.05, 0) is 117 Å². The van der Waals surface area contributed by atoms with E-state index in [1.54, 1.807) is 68.8 Å². The number of carbonyl (C=O) groups excluding carboxylic acids is 4. The Kier molecular flexibility index (Phi) is 31.3. The van der Waals surface area contributed by atoms with Gasteiger partial charge in [-0.2, -0.15) is 0 Å². The van der Waals surface area contributed by atoms with Crippen molar-refractivity contribution in [2.75, 3.05) is 41.2 Å². The molecule has 2 amide bonds. The summed E-state index contributed by atoms with van der Waals surface area (Å²) in [6.07, 6.45) is -15.5. The molecule has 0 unspecified atom stereocenters. The molecule has 22 nitrogen and oxygen atoms in total. The van der Waals surface area contributed by atoms with Crippen LogP contribution >= 0.6 is 0 Å². The fourth-order valence-corrected chi connectivity index (χ4v) is 21.0. The number of carbonyl (C=O) groups is 4. The summed E-state index contributed by atoms with van der Waals surface area (Å²) in [5.74, 6) is -1.08. The second kappa shape index (κ2) is 43.3. The molecular formula is C100H109NO21Si. The van der Waals surface area contributed by atoms with Crippen LogP contribution in [0.25, 0.3) is 0 Å². The van der Waals surface area contributed by atoms with Gasteiger partial charge in [0.1, 0.15) is 72.5 Å². The third-order valence-corrected chi connectivity index (χ3v) is 27.8. The maximum Gasteiger partial charge on any atom is 0.338 e. The van der Waals surface area contributed by atoms with E-state index in [4.69, 9.17) is 80.2 Å². The van der Waals surface area contributed by atoms with E-state index in [2.05, 4.69) is 45.0 Å². The summed E-state index contributed by atoms with van der Waals surface area (Å²) in [7, 11) is 0.963. The maximum atomic E-state index is 15.7. The molecule has 0 N–H and O–H groups in total. The van der Waals surface area contributed by atoms with Crippen LogP contribution in [0.3, 0.4) is 0 Å². The number of amides is 2. The molecule has 15 atom stereocenters. The fraction of sp³-hybridized carbons (Fsp3) is 0.360. The van der Waals surface area contributed by atoms with Crippen molar-refractivity contribution in [1.29, 1.82) is 0 Å². The zero-order valence-electron chi connectivity index (χ0n) is 70.5. The summed E-state index contributed by atoms with van der Waals surface area (Å²) in [5, 5.41) is 1.36. The molecule has 3 saturated heterocycles. The molecule has 14 rings (SSSR count). The highest BCUT2D eigenvalue weighted by Crippen LogP contribution is 2.43. The molecule has 0 aromatic heterocycles. The first kappa shape index (κ1) is 88.9. The number of benzene rings is 10. The van der Waals surface area contributed by atoms with E-state index in [0.29, 0.717) is 36.3 Å². The lowest BCUT2D eigenvalue weighted by Gasteiger charge is -2.51. The number of hydrogen-bond acceptors (Lipinski definition) is 21. The average Bonchev–Trinajstić information content (AvgIpc) is 1.71. The Morgan fingerprint density at radius 2 is 0.789 bits per heavy atom. The van der Waals surface area contributed by atoms with Gasteiger partial charge in [0.2, 0.25) is 0 Å². The molecule has 644 valence electrons. The third kappa shape index (κ3) is 22.2. The highest BCUT2D eigenvalue weighted by atomic mass is 28.4. The molecule has 0 spiro atoms. The van der Waals surface area contributed by atoms with Gasteiger partial charge in [0.15, 0.2) is 25.0 Å². The van der Waals surface area contributed by atoms with Crippen molar-refractivity contribution >= 4 is 42.4 Å². The lowest BCUT2D eigenvalue weighted by Crippen LogP contribution is -2.69. The zero-order valence-corrected chi connectivity index (χ0v) is 71.5. The van der Waals surface area contributed by atoms with Crippen molar-refractivity contribution in [1.82, 2.24) is 4.90 Å². The van der Waals surface area contributed by atoms with E-state index >= 15 is 14.4 Å². The van der Waals surface area contributed by atoms with Crippen LogP contribution in [0.5, 0.6) is 11.5 Å². The van der Waals surface area contributed by atoms with Crippen LogP contribution < -0.4 is 19.8 Å². The topological polar surface area (TPSA) is 228 Å². The number of ether oxygens (including phenoxy) is 16. The SMILES string of the molecule is COC(=O)CCCCCO[C@@H]1O[C@H](CO[C@@H]2O[C@H](CO[Si](c3ccccc3)(c3ccccc3)C(C)(C)C)[C@H](O[C@@H]3O[C@@H](C)[C@@H](OCc4ccccc4)[C@@H](OCc4ccccc4)[C@@H]3OCc3ccccc3)[C@H](OCc3ccc(OC)cc3)[C@H]2OC(=O)c2ccccc2)[C@@H](OCc2ccc(OC)cc2)[C@H](OCc2ccccc2)[C@H]1N1C(=O)c2ccccc2C1=O. The van der Waals surface area contributed by atoms with E-state index in [1.165, 1.54) is 7.11 Å². The van der Waals surface area contributed by atoms with Crippen LogP contribution in [-0.2, 0) is 115 Å². The third-order valence-electron chi connectivity index (χ3n) is 22.8. The first-order valence-electron chi connectivity index (χ1n) is 42.1. The summed E-state index contributed by atoms with van der Waals surface area (Å²) >= 11 is 0. The monoisotopic (exact) mass is 1690 g/mol. The molecule has 3 fully saturated rings. The molecule has 0 saturated carbocycles. The minimum absolute atomic E-state index is 0.0326. The number of hydrogen-bond donors (Lipinski definition) is 0. The van der Waals surface area contributed by atoms with Crippen LogP contribution in [0.4, 0.5) is 0 Å². The minimum atomic E-state index is -3.57. The summed E-state index contributed by atoms with van der Waals surface area (Å²) < 4.78 is 120. The van der Waals surface area contributed by atoms with Gasteiger partial charge in [-0.15, -0.1) is 0 Å². The number of unbranched alkanes of at least 4 members (excludes halogenated alkanes) is 2. The number of imide groups is 1. The number of methoxy groups -OCH3 is 3. The van der Waals surface area contributed by atoms with Gasteiger partial charge in [-0.1, -0.05) is 264 Å². The van der Waals surface area contributed by atoms with Gasteiger partial charge < -0.3 is 80.2 Å². The van der Waals surface area contributed by atoms with Crippen molar-refractivity contribution in [3.63, 3.8) is 0 Å². The predicted molar refractivity (Wildman–Crippen MR) is 462 cm³/mol. The zero-order chi connectivity index (χ0) is 85.5. The molecule has 0 radical (unpaired) electrons. The predicted octanol–water partition coefficient (Wildman–Crippen LogP) is 15.3. The van der Waals surface area contributed by atoms with Crippen molar-refractivity contribution in [3.05, 3.63) is 335 Å². The lowest BCUT2D eigenvalue weighted by atomic mass is 9.94. The molecule has 4 heterocycles. The average molecular weight is 1690 g/mol. The largest absolute Gasteiger partial charge is 0.497 e. The normalized spacial score (nSPS) is 23.4. The van der Waals surface area contributed by atoms with E-state index in [1.807, 2.05) is 213 Å². The van der Waals surface area contributed by atoms with Crippen LogP contribution in [0.1, 0.15) is 118 Å². The summed E-state index contributed by atoms with van der Waals surface area (Å²) in [5.41, 5.74) is 5.47. The Bertz CT molecular complexity index is 4850. The van der Waals surface area contributed by atoms with Gasteiger partial charge in [-0.25, -0.2) is 4.79 Å². The smallest absolute Gasteiger partial charge is 0.338 e. The molecule has 4 aliphatic rings. The Labute approximate surface area is 720 Å². The highest BCUT2D eigenvalue weighted by molar-refractivity contribution is 6.99. The Balaban J connectivity index is 0.927. The first-order valence-corrected chi connectivity index (χ1v) is 44.0. The van der Waals surface area contributed by atoms with E-state index < -0.39 is 130 Å². The standard InChI is InChI=1S/C100H109NO21Si/c1-68-86(110-60-69-34-16-8-17-35-69)90(113-62-71-38-20-10-21-39-71)92(115-63-72-40-22-11-23-41-72)99(118-68)122-88-83(67-117-123(100(2,3)4,78-44-26-13-27-45-78)79-46-28-14-29-47-79)120-98(93(121-96(105)75-42-24-12-25-43-75)91(88)114-65-74-53-57-77(107-6)58-54-74)116-66-82-87(111-64-73-51-55-76(106-5)56-52-73)89(112-61-70-36-18-9-19-37-70)85(97(119-82)109-59-33-15-30-50-84(102)108-7)101-94(103)80-48-31-32-49-81(80)95(101)104/h8-14,16-29,31-32,34-49,51-58,68,82-83,85-93,97-99H,15,30,33,50,59-67H2,1-7H3/t68-,82+,83+,85+,86+,87+,88-,89+,90+,91-,92-,93+,97+,98+,99-/m0/s1. The number of esters is 2. The molecular weight excluding hydrogens is 1580 g/mol.